The molecule has 1 radical (unpaired) electrons. The van der Waals surface area contributed by atoms with Gasteiger partial charge in [0.25, 0.3) is 0 Å². The topological polar surface area (TPSA) is 44.8 Å². The number of benzene rings is 1. The molecule has 5 heteroatoms. The summed E-state index contributed by atoms with van der Waals surface area (Å²) in [5.41, 5.74) is 1.68. The van der Waals surface area contributed by atoms with Crippen LogP contribution in [-0.2, 0) is 24.8 Å². The highest BCUT2D eigenvalue weighted by Crippen LogP contribution is 2.06. The Labute approximate surface area is 128 Å². The first-order valence-electron chi connectivity index (χ1n) is 6.96. The van der Waals surface area contributed by atoms with Crippen LogP contribution < -0.4 is 5.19 Å². The van der Waals surface area contributed by atoms with Gasteiger partial charge in [-0.25, -0.2) is 4.79 Å². The molecule has 4 nitrogen and oxygen atoms in total. The van der Waals surface area contributed by atoms with Gasteiger partial charge in [-0.3, -0.25) is 0 Å². The fourth-order valence-electron chi connectivity index (χ4n) is 1.95. The summed E-state index contributed by atoms with van der Waals surface area (Å²) in [5, 5.41) is 1.14. The predicted octanol–water partition coefficient (Wildman–Crippen LogP) is 2.12. The number of carbonyl (C=O) groups is 1. The fourth-order valence-corrected chi connectivity index (χ4v) is 3.26. The molecule has 0 aromatic heterocycles. The van der Waals surface area contributed by atoms with E-state index in [1.165, 1.54) is 5.56 Å². The van der Waals surface area contributed by atoms with Crippen LogP contribution in [-0.4, -0.2) is 36.1 Å². The number of hydrogen-bond donors (Lipinski definition) is 0. The molecule has 0 saturated carbocycles. The van der Waals surface area contributed by atoms with Crippen molar-refractivity contribution in [2.75, 3.05) is 20.8 Å². The third-order valence-corrected chi connectivity index (χ3v) is 4.70. The quantitative estimate of drug-likeness (QED) is 0.303. The summed E-state index contributed by atoms with van der Waals surface area (Å²) in [7, 11) is 1.95. The third-order valence-electron chi connectivity index (χ3n) is 3.03. The Morgan fingerprint density at radius 1 is 1.19 bits per heavy atom. The van der Waals surface area contributed by atoms with Crippen molar-refractivity contribution >= 4 is 20.4 Å². The fraction of sp³-hybridized carbons (Fsp3) is 0.438. The zero-order valence-corrected chi connectivity index (χ0v) is 14.0. The van der Waals surface area contributed by atoms with Crippen molar-refractivity contribution in [3.05, 3.63) is 42.0 Å². The van der Waals surface area contributed by atoms with Gasteiger partial charge in [0.1, 0.15) is 0 Å². The zero-order chi connectivity index (χ0) is 15.7. The SMILES string of the molecule is C=C(C)C(=O)OCCCCc1ccccc1[Si](OC)OC. The van der Waals surface area contributed by atoms with Crippen LogP contribution in [0, 0.1) is 0 Å². The first-order chi connectivity index (χ1) is 10.1. The first-order valence-corrected chi connectivity index (χ1v) is 8.27. The monoisotopic (exact) mass is 307 g/mol. The second-order valence-electron chi connectivity index (χ2n) is 4.73. The number of esters is 1. The predicted molar refractivity (Wildman–Crippen MR) is 84.6 cm³/mol. The minimum absolute atomic E-state index is 0.320. The van der Waals surface area contributed by atoms with E-state index >= 15 is 0 Å². The molecule has 0 amide bonds. The van der Waals surface area contributed by atoms with Crippen LogP contribution in [0.2, 0.25) is 0 Å². The lowest BCUT2D eigenvalue weighted by Gasteiger charge is -2.14. The van der Waals surface area contributed by atoms with Gasteiger partial charge in [-0.05, 0) is 36.9 Å². The third kappa shape index (κ3) is 5.83. The van der Waals surface area contributed by atoms with E-state index in [1.807, 2.05) is 12.1 Å². The molecule has 0 bridgehead atoms. The molecule has 0 unspecified atom stereocenters. The molecular weight excluding hydrogens is 284 g/mol. The van der Waals surface area contributed by atoms with E-state index in [4.69, 9.17) is 13.6 Å². The minimum atomic E-state index is -1.39. The van der Waals surface area contributed by atoms with E-state index in [0.717, 1.165) is 24.4 Å². The molecule has 0 aliphatic carbocycles. The maximum Gasteiger partial charge on any atom is 0.423 e. The summed E-state index contributed by atoms with van der Waals surface area (Å²) in [5.74, 6) is -0.320. The molecular formula is C16H23O4Si. The highest BCUT2D eigenvalue weighted by atomic mass is 28.3. The maximum absolute atomic E-state index is 11.2. The molecule has 0 aliphatic rings. The van der Waals surface area contributed by atoms with Crippen molar-refractivity contribution in [3.63, 3.8) is 0 Å². The summed E-state index contributed by atoms with van der Waals surface area (Å²) >= 11 is 0. The summed E-state index contributed by atoms with van der Waals surface area (Å²) < 4.78 is 15.9. The molecule has 0 spiro atoms. The van der Waals surface area contributed by atoms with E-state index < -0.39 is 9.28 Å². The normalized spacial score (nSPS) is 10.7. The number of aryl methyl sites for hydroxylation is 1. The van der Waals surface area contributed by atoms with Gasteiger partial charge in [-0.2, -0.15) is 0 Å². The zero-order valence-electron chi connectivity index (χ0n) is 13.0. The maximum atomic E-state index is 11.2. The molecule has 0 N–H and O–H groups in total. The van der Waals surface area contributed by atoms with Crippen LogP contribution in [0.15, 0.2) is 36.4 Å². The van der Waals surface area contributed by atoms with Gasteiger partial charge in [0.2, 0.25) is 0 Å². The standard InChI is InChI=1S/C16H23O4Si/c1-13(2)16(17)20-12-8-7-10-14-9-5-6-11-15(14)21(18-3)19-4/h5-6,9,11H,1,7-8,10,12H2,2-4H3. The van der Waals surface area contributed by atoms with Crippen LogP contribution in [0.3, 0.4) is 0 Å². The summed E-state index contributed by atoms with van der Waals surface area (Å²) in [6.45, 7) is 5.63. The summed E-state index contributed by atoms with van der Waals surface area (Å²) in [6.07, 6.45) is 2.69. The Morgan fingerprint density at radius 3 is 2.48 bits per heavy atom. The Bertz CT molecular complexity index is 469. The van der Waals surface area contributed by atoms with Crippen LogP contribution in [0.5, 0.6) is 0 Å². The molecule has 0 fully saturated rings. The number of rotatable bonds is 9. The van der Waals surface area contributed by atoms with E-state index in [1.54, 1.807) is 21.1 Å². The minimum Gasteiger partial charge on any atom is -0.462 e. The van der Waals surface area contributed by atoms with E-state index in [-0.39, 0.29) is 5.97 Å². The van der Waals surface area contributed by atoms with E-state index in [0.29, 0.717) is 12.2 Å². The smallest absolute Gasteiger partial charge is 0.423 e. The van der Waals surface area contributed by atoms with Gasteiger partial charge in [0.15, 0.2) is 0 Å². The summed E-state index contributed by atoms with van der Waals surface area (Å²) in [4.78, 5) is 11.2. The molecule has 0 atom stereocenters. The molecule has 0 saturated heterocycles. The second-order valence-corrected chi connectivity index (χ2v) is 6.66. The van der Waals surface area contributed by atoms with Crippen molar-refractivity contribution in [2.45, 2.75) is 26.2 Å². The number of ether oxygens (including phenoxy) is 1. The Morgan fingerprint density at radius 2 is 1.86 bits per heavy atom. The molecule has 1 rings (SSSR count). The molecule has 1 aromatic carbocycles. The molecule has 1 aromatic rings. The van der Waals surface area contributed by atoms with Crippen LogP contribution >= 0.6 is 0 Å². The lowest BCUT2D eigenvalue weighted by atomic mass is 10.1. The van der Waals surface area contributed by atoms with Gasteiger partial charge >= 0.3 is 15.3 Å². The molecule has 21 heavy (non-hydrogen) atoms. The van der Waals surface area contributed by atoms with Gasteiger partial charge in [-0.1, -0.05) is 30.8 Å². The number of hydrogen-bond acceptors (Lipinski definition) is 4. The van der Waals surface area contributed by atoms with Gasteiger partial charge in [-0.15, -0.1) is 0 Å². The van der Waals surface area contributed by atoms with Crippen molar-refractivity contribution < 1.29 is 18.4 Å². The van der Waals surface area contributed by atoms with Crippen molar-refractivity contribution in [1.29, 1.82) is 0 Å². The van der Waals surface area contributed by atoms with Gasteiger partial charge in [0, 0.05) is 19.8 Å². The molecule has 115 valence electrons. The molecule has 0 aliphatic heterocycles. The number of carbonyl (C=O) groups excluding carboxylic acids is 1. The van der Waals surface area contributed by atoms with Gasteiger partial charge in [0.05, 0.1) is 6.61 Å². The van der Waals surface area contributed by atoms with E-state index in [2.05, 4.69) is 18.7 Å². The van der Waals surface area contributed by atoms with Crippen LogP contribution in [0.4, 0.5) is 0 Å². The highest BCUT2D eigenvalue weighted by molar-refractivity contribution is 6.61. The van der Waals surface area contributed by atoms with Gasteiger partial charge < -0.3 is 13.6 Å². The highest BCUT2D eigenvalue weighted by Gasteiger charge is 2.18. The van der Waals surface area contributed by atoms with Crippen LogP contribution in [0.1, 0.15) is 25.3 Å². The second kappa shape index (κ2) is 9.49. The Hall–Kier alpha value is -1.43. The molecule has 0 heterocycles. The lowest BCUT2D eigenvalue weighted by Crippen LogP contribution is -2.37. The van der Waals surface area contributed by atoms with Crippen LogP contribution in [0.25, 0.3) is 0 Å². The largest absolute Gasteiger partial charge is 0.462 e. The Kier molecular flexibility index (Phi) is 7.96. The first kappa shape index (κ1) is 17.6. The van der Waals surface area contributed by atoms with Crippen molar-refractivity contribution in [2.24, 2.45) is 0 Å². The van der Waals surface area contributed by atoms with Crippen molar-refractivity contribution in [3.8, 4) is 0 Å². The Balaban J connectivity index is 2.45. The lowest BCUT2D eigenvalue weighted by molar-refractivity contribution is -0.139. The van der Waals surface area contributed by atoms with Crippen molar-refractivity contribution in [1.82, 2.24) is 0 Å². The van der Waals surface area contributed by atoms with E-state index in [9.17, 15) is 4.79 Å². The average Bonchev–Trinajstić information content (AvgIpc) is 2.49. The number of unbranched alkanes of at least 4 members (excludes halogenated alkanes) is 1. The average molecular weight is 307 g/mol. The summed E-state index contributed by atoms with van der Waals surface area (Å²) in [6, 6.07) is 8.16.